The number of rotatable bonds is 6. The van der Waals surface area contributed by atoms with Crippen LogP contribution in [-0.2, 0) is 4.74 Å². The summed E-state index contributed by atoms with van der Waals surface area (Å²) in [6.45, 7) is 6.86. The van der Waals surface area contributed by atoms with Crippen molar-refractivity contribution in [3.63, 3.8) is 0 Å². The molecule has 1 heterocycles. The predicted octanol–water partition coefficient (Wildman–Crippen LogP) is 1.03. The molecule has 1 aliphatic heterocycles. The number of hydrogen-bond donors (Lipinski definition) is 2. The van der Waals surface area contributed by atoms with E-state index in [1.807, 2.05) is 18.2 Å². The monoisotopic (exact) mass is 264 g/mol. The van der Waals surface area contributed by atoms with E-state index in [4.69, 9.17) is 4.74 Å². The molecule has 19 heavy (non-hydrogen) atoms. The zero-order valence-corrected chi connectivity index (χ0v) is 11.6. The lowest BCUT2D eigenvalue weighted by Crippen LogP contribution is -2.44. The first-order chi connectivity index (χ1) is 9.25. The van der Waals surface area contributed by atoms with Crippen molar-refractivity contribution < 1.29 is 9.84 Å². The second-order valence-corrected chi connectivity index (χ2v) is 5.11. The summed E-state index contributed by atoms with van der Waals surface area (Å²) in [5.74, 6) is 0. The number of ether oxygens (including phenoxy) is 1. The molecular formula is C15H24N2O2. The first kappa shape index (κ1) is 14.5. The van der Waals surface area contributed by atoms with Crippen molar-refractivity contribution in [2.45, 2.75) is 19.1 Å². The van der Waals surface area contributed by atoms with Gasteiger partial charge in [-0.25, -0.2) is 0 Å². The molecule has 1 fully saturated rings. The van der Waals surface area contributed by atoms with E-state index in [9.17, 15) is 5.11 Å². The minimum absolute atomic E-state index is 0.264. The topological polar surface area (TPSA) is 44.7 Å². The molecule has 4 heteroatoms. The Balaban J connectivity index is 1.69. The fraction of sp³-hybridized carbons (Fsp3) is 0.600. The summed E-state index contributed by atoms with van der Waals surface area (Å²) >= 11 is 0. The van der Waals surface area contributed by atoms with E-state index in [-0.39, 0.29) is 12.1 Å². The lowest BCUT2D eigenvalue weighted by Gasteiger charge is -2.29. The highest BCUT2D eigenvalue weighted by Gasteiger charge is 2.15. The number of nitrogens with one attached hydrogen (secondary N) is 1. The average molecular weight is 264 g/mol. The lowest BCUT2D eigenvalue weighted by molar-refractivity contribution is 0.0145. The van der Waals surface area contributed by atoms with Gasteiger partial charge in [0.25, 0.3) is 0 Å². The Morgan fingerprint density at radius 1 is 1.26 bits per heavy atom. The van der Waals surface area contributed by atoms with Gasteiger partial charge in [-0.15, -0.1) is 0 Å². The van der Waals surface area contributed by atoms with Crippen molar-refractivity contribution in [2.75, 3.05) is 39.4 Å². The molecule has 2 N–H and O–H groups in total. The summed E-state index contributed by atoms with van der Waals surface area (Å²) in [5.41, 5.74) is 1.25. The summed E-state index contributed by atoms with van der Waals surface area (Å²) < 4.78 is 5.30. The van der Waals surface area contributed by atoms with Gasteiger partial charge in [0.1, 0.15) is 0 Å². The van der Waals surface area contributed by atoms with Crippen molar-refractivity contribution in [3.05, 3.63) is 35.9 Å². The Hall–Kier alpha value is -0.940. The number of hydrogen-bond acceptors (Lipinski definition) is 4. The summed E-state index contributed by atoms with van der Waals surface area (Å²) in [5, 5.41) is 13.4. The van der Waals surface area contributed by atoms with E-state index in [0.717, 1.165) is 32.8 Å². The molecule has 1 aromatic carbocycles. The van der Waals surface area contributed by atoms with E-state index in [1.165, 1.54) is 5.56 Å². The summed E-state index contributed by atoms with van der Waals surface area (Å²) in [7, 11) is 0. The third-order valence-electron chi connectivity index (χ3n) is 3.53. The zero-order chi connectivity index (χ0) is 13.5. The Bertz CT molecular complexity index is 352. The summed E-state index contributed by atoms with van der Waals surface area (Å²) in [6, 6.07) is 10.6. The van der Waals surface area contributed by atoms with Crippen LogP contribution >= 0.6 is 0 Å². The first-order valence-electron chi connectivity index (χ1n) is 7.02. The van der Waals surface area contributed by atoms with E-state index in [1.54, 1.807) is 0 Å². The minimum atomic E-state index is -0.329. The van der Waals surface area contributed by atoms with Gasteiger partial charge in [0.05, 0.1) is 19.3 Å². The number of β-amino-alcohol motifs (C(OH)–C–C–N with tert-alkyl or cyclic N) is 1. The van der Waals surface area contributed by atoms with Gasteiger partial charge in [0, 0.05) is 32.2 Å². The van der Waals surface area contributed by atoms with Crippen molar-refractivity contribution >= 4 is 0 Å². The molecule has 1 aromatic rings. The van der Waals surface area contributed by atoms with Crippen LogP contribution in [0.3, 0.4) is 0 Å². The minimum Gasteiger partial charge on any atom is -0.390 e. The normalized spacial score (nSPS) is 20.1. The highest BCUT2D eigenvalue weighted by molar-refractivity contribution is 5.17. The summed E-state index contributed by atoms with van der Waals surface area (Å²) in [6.07, 6.45) is -0.329. The van der Waals surface area contributed by atoms with Crippen LogP contribution in [0.25, 0.3) is 0 Å². The van der Waals surface area contributed by atoms with E-state index in [0.29, 0.717) is 6.54 Å². The molecule has 0 spiro atoms. The number of benzene rings is 1. The molecule has 106 valence electrons. The Labute approximate surface area is 115 Å². The van der Waals surface area contributed by atoms with Crippen LogP contribution in [0, 0.1) is 0 Å². The summed E-state index contributed by atoms with van der Waals surface area (Å²) in [4.78, 5) is 2.25. The quantitative estimate of drug-likeness (QED) is 0.805. The van der Waals surface area contributed by atoms with Gasteiger partial charge in [0.2, 0.25) is 0 Å². The van der Waals surface area contributed by atoms with Crippen molar-refractivity contribution in [1.29, 1.82) is 0 Å². The Kier molecular flexibility index (Phi) is 5.79. The fourth-order valence-corrected chi connectivity index (χ4v) is 2.32. The van der Waals surface area contributed by atoms with E-state index >= 15 is 0 Å². The Morgan fingerprint density at radius 3 is 2.63 bits per heavy atom. The molecule has 0 bridgehead atoms. The van der Waals surface area contributed by atoms with Gasteiger partial charge in [-0.1, -0.05) is 30.3 Å². The van der Waals surface area contributed by atoms with Gasteiger partial charge in [-0.3, -0.25) is 4.90 Å². The third-order valence-corrected chi connectivity index (χ3v) is 3.53. The van der Waals surface area contributed by atoms with Crippen LogP contribution in [0.5, 0.6) is 0 Å². The zero-order valence-electron chi connectivity index (χ0n) is 11.6. The molecule has 0 aromatic heterocycles. The van der Waals surface area contributed by atoms with Crippen LogP contribution in [0.15, 0.2) is 30.3 Å². The van der Waals surface area contributed by atoms with Crippen LogP contribution in [-0.4, -0.2) is 55.5 Å². The lowest BCUT2D eigenvalue weighted by atomic mass is 10.1. The first-order valence-corrected chi connectivity index (χ1v) is 7.02. The maximum Gasteiger partial charge on any atom is 0.0791 e. The second-order valence-electron chi connectivity index (χ2n) is 5.11. The van der Waals surface area contributed by atoms with Gasteiger partial charge in [0.15, 0.2) is 0 Å². The molecule has 4 nitrogen and oxygen atoms in total. The van der Waals surface area contributed by atoms with Crippen molar-refractivity contribution in [1.82, 2.24) is 10.2 Å². The van der Waals surface area contributed by atoms with Gasteiger partial charge in [-0.05, 0) is 12.5 Å². The number of aliphatic hydroxyl groups excluding tert-OH is 1. The highest BCUT2D eigenvalue weighted by Crippen LogP contribution is 2.10. The largest absolute Gasteiger partial charge is 0.390 e. The molecule has 1 saturated heterocycles. The van der Waals surface area contributed by atoms with Gasteiger partial charge >= 0.3 is 0 Å². The molecule has 2 rings (SSSR count). The Morgan fingerprint density at radius 2 is 1.95 bits per heavy atom. The third kappa shape index (κ3) is 4.91. The molecule has 1 aliphatic rings. The van der Waals surface area contributed by atoms with Crippen LogP contribution < -0.4 is 5.32 Å². The van der Waals surface area contributed by atoms with Crippen LogP contribution in [0.2, 0.25) is 0 Å². The smallest absolute Gasteiger partial charge is 0.0791 e. The standard InChI is InChI=1S/C15H24N2O2/c1-13(14-5-3-2-4-6-14)16-11-15(18)12-17-7-9-19-10-8-17/h2-6,13,15-16,18H,7-12H2,1H3/t13-,15?/m0/s1. The number of aliphatic hydroxyl groups is 1. The molecule has 0 amide bonds. The molecule has 0 radical (unpaired) electrons. The van der Waals surface area contributed by atoms with Crippen molar-refractivity contribution in [3.8, 4) is 0 Å². The molecule has 2 atom stereocenters. The van der Waals surface area contributed by atoms with Gasteiger partial charge in [-0.2, -0.15) is 0 Å². The molecular weight excluding hydrogens is 240 g/mol. The van der Waals surface area contributed by atoms with Crippen LogP contribution in [0.4, 0.5) is 0 Å². The molecule has 1 unspecified atom stereocenters. The number of nitrogens with zero attached hydrogens (tertiary/aromatic N) is 1. The van der Waals surface area contributed by atoms with Crippen LogP contribution in [0.1, 0.15) is 18.5 Å². The maximum atomic E-state index is 10.1. The SMILES string of the molecule is C[C@H](NCC(O)CN1CCOCC1)c1ccccc1. The average Bonchev–Trinajstić information content (AvgIpc) is 2.47. The van der Waals surface area contributed by atoms with Crippen molar-refractivity contribution in [2.24, 2.45) is 0 Å². The van der Waals surface area contributed by atoms with Gasteiger partial charge < -0.3 is 15.2 Å². The predicted molar refractivity (Wildman–Crippen MR) is 76.1 cm³/mol. The highest BCUT2D eigenvalue weighted by atomic mass is 16.5. The van der Waals surface area contributed by atoms with E-state index in [2.05, 4.69) is 29.3 Å². The fourth-order valence-electron chi connectivity index (χ4n) is 2.32. The molecule has 0 saturated carbocycles. The maximum absolute atomic E-state index is 10.1. The second kappa shape index (κ2) is 7.60. The molecule has 0 aliphatic carbocycles. The number of morpholine rings is 1. The van der Waals surface area contributed by atoms with E-state index < -0.39 is 0 Å².